The summed E-state index contributed by atoms with van der Waals surface area (Å²) in [7, 11) is 0. The number of rotatable bonds is 4. The van der Waals surface area contributed by atoms with Crippen LogP contribution in [0.1, 0.15) is 36.7 Å². The van der Waals surface area contributed by atoms with Crippen LogP contribution in [0.3, 0.4) is 0 Å². The minimum Gasteiger partial charge on any atom is -0.508 e. The highest BCUT2D eigenvalue weighted by atomic mass is 16.3. The van der Waals surface area contributed by atoms with Crippen LogP contribution in [0.5, 0.6) is 5.75 Å². The van der Waals surface area contributed by atoms with Crippen LogP contribution in [0.4, 0.5) is 0 Å². The van der Waals surface area contributed by atoms with E-state index < -0.39 is 5.60 Å². The fourth-order valence-corrected chi connectivity index (χ4v) is 1.77. The zero-order valence-corrected chi connectivity index (χ0v) is 11.4. The number of hydrogen-bond donors (Lipinski definition) is 2. The summed E-state index contributed by atoms with van der Waals surface area (Å²) >= 11 is 0. The van der Waals surface area contributed by atoms with Crippen molar-refractivity contribution in [3.05, 3.63) is 29.3 Å². The molecule has 0 fully saturated rings. The molecule has 0 heterocycles. The van der Waals surface area contributed by atoms with E-state index in [9.17, 15) is 15.0 Å². The summed E-state index contributed by atoms with van der Waals surface area (Å²) in [6.07, 6.45) is 0. The van der Waals surface area contributed by atoms with Crippen LogP contribution in [-0.4, -0.2) is 39.7 Å². The van der Waals surface area contributed by atoms with Gasteiger partial charge < -0.3 is 15.1 Å². The number of phenolic OH excluding ortho intramolecular Hbond substituents is 1. The first-order chi connectivity index (χ1) is 8.24. The fourth-order valence-electron chi connectivity index (χ4n) is 1.77. The van der Waals surface area contributed by atoms with E-state index in [0.29, 0.717) is 17.7 Å². The summed E-state index contributed by atoms with van der Waals surface area (Å²) < 4.78 is 0. The Kier molecular flexibility index (Phi) is 4.35. The second kappa shape index (κ2) is 5.40. The molecule has 0 saturated heterocycles. The molecule has 1 rings (SSSR count). The van der Waals surface area contributed by atoms with E-state index in [1.54, 1.807) is 37.8 Å². The first-order valence-corrected chi connectivity index (χ1v) is 6.06. The number of hydrogen-bond acceptors (Lipinski definition) is 3. The van der Waals surface area contributed by atoms with Crippen molar-refractivity contribution in [1.29, 1.82) is 0 Å². The van der Waals surface area contributed by atoms with Crippen molar-refractivity contribution in [3.63, 3.8) is 0 Å². The fraction of sp³-hybridized carbons (Fsp3) is 0.500. The van der Waals surface area contributed by atoms with Gasteiger partial charge in [0.1, 0.15) is 5.75 Å². The Labute approximate surface area is 108 Å². The molecule has 4 nitrogen and oxygen atoms in total. The van der Waals surface area contributed by atoms with Crippen molar-refractivity contribution >= 4 is 5.91 Å². The van der Waals surface area contributed by atoms with Crippen molar-refractivity contribution in [2.75, 3.05) is 13.1 Å². The molecule has 18 heavy (non-hydrogen) atoms. The van der Waals surface area contributed by atoms with E-state index >= 15 is 0 Å². The van der Waals surface area contributed by atoms with E-state index in [-0.39, 0.29) is 18.2 Å². The lowest BCUT2D eigenvalue weighted by atomic mass is 10.1. The number of phenols is 1. The zero-order chi connectivity index (χ0) is 13.9. The molecule has 1 aromatic carbocycles. The Hall–Kier alpha value is -1.55. The molecule has 0 aliphatic rings. The topological polar surface area (TPSA) is 60.8 Å². The normalized spacial score (nSPS) is 11.4. The average Bonchev–Trinajstić information content (AvgIpc) is 2.27. The van der Waals surface area contributed by atoms with Crippen LogP contribution in [0, 0.1) is 6.92 Å². The highest BCUT2D eigenvalue weighted by Gasteiger charge is 2.22. The van der Waals surface area contributed by atoms with Gasteiger partial charge in [-0.3, -0.25) is 4.79 Å². The molecule has 0 saturated carbocycles. The third kappa shape index (κ3) is 3.74. The maximum atomic E-state index is 12.3. The SMILES string of the molecule is CCN(CC(C)(C)O)C(=O)c1ccc(O)c(C)c1. The van der Waals surface area contributed by atoms with Gasteiger partial charge in [0.15, 0.2) is 0 Å². The number of aryl methyl sites for hydroxylation is 1. The molecule has 0 bridgehead atoms. The number of aliphatic hydroxyl groups is 1. The highest BCUT2D eigenvalue weighted by molar-refractivity contribution is 5.94. The summed E-state index contributed by atoms with van der Waals surface area (Å²) in [6, 6.07) is 4.77. The van der Waals surface area contributed by atoms with Crippen molar-refractivity contribution in [1.82, 2.24) is 4.90 Å². The van der Waals surface area contributed by atoms with Gasteiger partial charge in [0.2, 0.25) is 0 Å². The van der Waals surface area contributed by atoms with E-state index in [0.717, 1.165) is 0 Å². The lowest BCUT2D eigenvalue weighted by molar-refractivity contribution is 0.0314. The Bertz CT molecular complexity index is 435. The quantitative estimate of drug-likeness (QED) is 0.859. The molecule has 4 heteroatoms. The van der Waals surface area contributed by atoms with Crippen molar-refractivity contribution < 1.29 is 15.0 Å². The first-order valence-electron chi connectivity index (χ1n) is 6.06. The number of benzene rings is 1. The molecule has 100 valence electrons. The number of carbonyl (C=O) groups is 1. The van der Waals surface area contributed by atoms with Gasteiger partial charge in [0.05, 0.1) is 5.60 Å². The Morgan fingerprint density at radius 3 is 2.44 bits per heavy atom. The lowest BCUT2D eigenvalue weighted by Gasteiger charge is -2.28. The van der Waals surface area contributed by atoms with Crippen LogP contribution in [0.15, 0.2) is 18.2 Å². The third-order valence-electron chi connectivity index (χ3n) is 2.69. The van der Waals surface area contributed by atoms with Gasteiger partial charge in [-0.15, -0.1) is 0 Å². The number of amides is 1. The van der Waals surface area contributed by atoms with Crippen molar-refractivity contribution in [3.8, 4) is 5.75 Å². The molecule has 1 aromatic rings. The highest BCUT2D eigenvalue weighted by Crippen LogP contribution is 2.18. The summed E-state index contributed by atoms with van der Waals surface area (Å²) in [5.74, 6) is 0.0415. The number of nitrogens with zero attached hydrogens (tertiary/aromatic N) is 1. The maximum Gasteiger partial charge on any atom is 0.253 e. The number of carbonyl (C=O) groups excluding carboxylic acids is 1. The predicted octanol–water partition coefficient (Wildman–Crippen LogP) is 1.93. The largest absolute Gasteiger partial charge is 0.508 e. The van der Waals surface area contributed by atoms with Gasteiger partial charge in [-0.25, -0.2) is 0 Å². The minimum atomic E-state index is -0.919. The molecule has 1 amide bonds. The van der Waals surface area contributed by atoms with E-state index in [2.05, 4.69) is 0 Å². The standard InChI is InChI=1S/C14H21NO3/c1-5-15(9-14(3,4)18)13(17)11-6-7-12(16)10(2)8-11/h6-8,16,18H,5,9H2,1-4H3. The molecule has 2 N–H and O–H groups in total. The van der Waals surface area contributed by atoms with E-state index in [1.807, 2.05) is 6.92 Å². The van der Waals surface area contributed by atoms with Crippen molar-refractivity contribution in [2.45, 2.75) is 33.3 Å². The Morgan fingerprint density at radius 1 is 1.39 bits per heavy atom. The minimum absolute atomic E-state index is 0.136. The van der Waals surface area contributed by atoms with Crippen LogP contribution < -0.4 is 0 Å². The van der Waals surface area contributed by atoms with E-state index in [1.165, 1.54) is 6.07 Å². The van der Waals surface area contributed by atoms with Crippen LogP contribution in [-0.2, 0) is 0 Å². The second-order valence-electron chi connectivity index (χ2n) is 5.13. The molecule has 0 aliphatic heterocycles. The van der Waals surface area contributed by atoms with Gasteiger partial charge in [0, 0.05) is 18.7 Å². The van der Waals surface area contributed by atoms with E-state index in [4.69, 9.17) is 0 Å². The Balaban J connectivity index is 2.93. The molecule has 0 spiro atoms. The van der Waals surface area contributed by atoms with Gasteiger partial charge in [-0.05, 0) is 51.5 Å². The summed E-state index contributed by atoms with van der Waals surface area (Å²) in [6.45, 7) is 7.77. The average molecular weight is 251 g/mol. The van der Waals surface area contributed by atoms with Gasteiger partial charge in [-0.1, -0.05) is 0 Å². The smallest absolute Gasteiger partial charge is 0.253 e. The number of aromatic hydroxyl groups is 1. The predicted molar refractivity (Wildman–Crippen MR) is 70.7 cm³/mol. The molecule has 0 aliphatic carbocycles. The van der Waals surface area contributed by atoms with Gasteiger partial charge >= 0.3 is 0 Å². The second-order valence-corrected chi connectivity index (χ2v) is 5.13. The third-order valence-corrected chi connectivity index (χ3v) is 2.69. The van der Waals surface area contributed by atoms with Crippen LogP contribution in [0.25, 0.3) is 0 Å². The zero-order valence-electron chi connectivity index (χ0n) is 11.4. The molecule has 0 radical (unpaired) electrons. The summed E-state index contributed by atoms with van der Waals surface area (Å²) in [5.41, 5.74) is 0.272. The number of likely N-dealkylation sites (N-methyl/N-ethyl adjacent to an activating group) is 1. The first kappa shape index (κ1) is 14.5. The monoisotopic (exact) mass is 251 g/mol. The van der Waals surface area contributed by atoms with Gasteiger partial charge in [-0.2, -0.15) is 0 Å². The molecular formula is C14H21NO3. The molecule has 0 atom stereocenters. The Morgan fingerprint density at radius 2 is 2.00 bits per heavy atom. The van der Waals surface area contributed by atoms with Crippen molar-refractivity contribution in [2.24, 2.45) is 0 Å². The van der Waals surface area contributed by atoms with Crippen LogP contribution >= 0.6 is 0 Å². The van der Waals surface area contributed by atoms with Crippen LogP contribution in [0.2, 0.25) is 0 Å². The molecule has 0 aromatic heterocycles. The molecule has 0 unspecified atom stereocenters. The van der Waals surface area contributed by atoms with Gasteiger partial charge in [0.25, 0.3) is 5.91 Å². The molecular weight excluding hydrogens is 230 g/mol. The summed E-state index contributed by atoms with van der Waals surface area (Å²) in [5, 5.41) is 19.2. The summed E-state index contributed by atoms with van der Waals surface area (Å²) in [4.78, 5) is 13.8. The maximum absolute atomic E-state index is 12.3. The lowest BCUT2D eigenvalue weighted by Crippen LogP contribution is -2.42.